The van der Waals surface area contributed by atoms with Crippen molar-refractivity contribution in [2.45, 2.75) is 57.0 Å². The molecule has 2 atom stereocenters. The SMILES string of the molecule is COc1ccc(P(=S)(C2=C(O)CCCC2)C2CCCCC2=O)cc1. The standard InChI is InChI=1S/C19H25O3PS/c1-22-14-10-12-15(13-11-14)23(24,18-8-4-2-6-16(18)20)19-9-5-3-7-17(19)21/h10-13,18,21H,2-9H2,1H3. The summed E-state index contributed by atoms with van der Waals surface area (Å²) in [4.78, 5) is 12.7. The van der Waals surface area contributed by atoms with Crippen LogP contribution in [0.1, 0.15) is 51.4 Å². The molecule has 0 heterocycles. The van der Waals surface area contributed by atoms with Crippen LogP contribution in [-0.4, -0.2) is 23.7 Å². The number of carbonyl (C=O) groups excluding carboxylic acids is 1. The number of hydrogen-bond donors (Lipinski definition) is 1. The summed E-state index contributed by atoms with van der Waals surface area (Å²) in [6.07, 6.45) is 7.11. The van der Waals surface area contributed by atoms with Crippen LogP contribution in [0.4, 0.5) is 0 Å². The van der Waals surface area contributed by atoms with Crippen molar-refractivity contribution < 1.29 is 14.6 Å². The fraction of sp³-hybridized carbons (Fsp3) is 0.526. The first kappa shape index (κ1) is 17.7. The number of Topliss-reactive ketones (excluding diaryl/α,β-unsaturated/α-hetero) is 1. The number of ketones is 1. The van der Waals surface area contributed by atoms with E-state index in [1.807, 2.05) is 24.3 Å². The lowest BCUT2D eigenvalue weighted by atomic mass is 9.99. The van der Waals surface area contributed by atoms with Gasteiger partial charge >= 0.3 is 0 Å². The normalized spacial score (nSPS) is 24.5. The van der Waals surface area contributed by atoms with Gasteiger partial charge in [0.05, 0.1) is 18.5 Å². The molecule has 1 fully saturated rings. The molecule has 0 spiro atoms. The monoisotopic (exact) mass is 364 g/mol. The Morgan fingerprint density at radius 1 is 1.08 bits per heavy atom. The van der Waals surface area contributed by atoms with Crippen molar-refractivity contribution in [3.8, 4) is 5.75 Å². The fourth-order valence-electron chi connectivity index (χ4n) is 3.91. The quantitative estimate of drug-likeness (QED) is 0.790. The summed E-state index contributed by atoms with van der Waals surface area (Å²) in [6.45, 7) is 0. The Kier molecular flexibility index (Phi) is 5.46. The van der Waals surface area contributed by atoms with Gasteiger partial charge in [0, 0.05) is 24.2 Å². The van der Waals surface area contributed by atoms with E-state index in [2.05, 4.69) is 0 Å². The second kappa shape index (κ2) is 7.41. The molecule has 1 N–H and O–H groups in total. The number of hydrogen-bond acceptors (Lipinski definition) is 4. The Morgan fingerprint density at radius 2 is 1.75 bits per heavy atom. The minimum absolute atomic E-state index is 0.107. The molecule has 0 aliphatic heterocycles. The van der Waals surface area contributed by atoms with Crippen molar-refractivity contribution in [3.63, 3.8) is 0 Å². The first-order valence-electron chi connectivity index (χ1n) is 8.76. The van der Waals surface area contributed by atoms with Crippen LogP contribution in [-0.2, 0) is 16.6 Å². The molecule has 0 amide bonds. The third kappa shape index (κ3) is 3.19. The van der Waals surface area contributed by atoms with E-state index >= 15 is 0 Å². The van der Waals surface area contributed by atoms with Gasteiger partial charge in [-0.25, -0.2) is 0 Å². The first-order chi connectivity index (χ1) is 11.6. The molecule has 5 heteroatoms. The molecule has 0 aromatic heterocycles. The van der Waals surface area contributed by atoms with Crippen molar-refractivity contribution in [1.29, 1.82) is 0 Å². The zero-order chi connectivity index (χ0) is 17.2. The van der Waals surface area contributed by atoms with Gasteiger partial charge in [-0.05, 0) is 61.7 Å². The Balaban J connectivity index is 2.12. The van der Waals surface area contributed by atoms with Gasteiger partial charge in [0.25, 0.3) is 0 Å². The lowest BCUT2D eigenvalue weighted by Gasteiger charge is -2.37. The summed E-state index contributed by atoms with van der Waals surface area (Å²) in [5, 5.41) is 12.6. The van der Waals surface area contributed by atoms with Crippen molar-refractivity contribution in [3.05, 3.63) is 35.3 Å². The molecule has 0 saturated heterocycles. The van der Waals surface area contributed by atoms with Crippen LogP contribution in [0.25, 0.3) is 0 Å². The third-order valence-corrected chi connectivity index (χ3v) is 11.1. The number of benzene rings is 1. The van der Waals surface area contributed by atoms with Crippen LogP contribution in [0, 0.1) is 0 Å². The number of methoxy groups -OCH3 is 1. The number of ether oxygens (including phenoxy) is 1. The minimum atomic E-state index is -2.31. The van der Waals surface area contributed by atoms with Gasteiger partial charge < -0.3 is 9.84 Å². The topological polar surface area (TPSA) is 46.5 Å². The maximum atomic E-state index is 12.7. The lowest BCUT2D eigenvalue weighted by molar-refractivity contribution is -0.119. The Labute approximate surface area is 149 Å². The van der Waals surface area contributed by atoms with Gasteiger partial charge in [-0.2, -0.15) is 0 Å². The third-order valence-electron chi connectivity index (χ3n) is 5.23. The molecule has 1 saturated carbocycles. The summed E-state index contributed by atoms with van der Waals surface area (Å²) < 4.78 is 5.27. The second-order valence-corrected chi connectivity index (χ2v) is 11.4. The van der Waals surface area contributed by atoms with Gasteiger partial charge in [0.1, 0.15) is 11.5 Å². The molecule has 1 aromatic carbocycles. The highest BCUT2D eigenvalue weighted by molar-refractivity contribution is 8.21. The van der Waals surface area contributed by atoms with E-state index in [0.717, 1.165) is 54.9 Å². The Morgan fingerprint density at radius 3 is 2.38 bits per heavy atom. The highest BCUT2D eigenvalue weighted by Crippen LogP contribution is 2.63. The van der Waals surface area contributed by atoms with E-state index in [0.29, 0.717) is 24.4 Å². The molecule has 130 valence electrons. The molecular formula is C19H25O3PS. The summed E-state index contributed by atoms with van der Waals surface area (Å²) in [5.74, 6) is 1.54. The van der Waals surface area contributed by atoms with Crippen LogP contribution < -0.4 is 10.0 Å². The van der Waals surface area contributed by atoms with Gasteiger partial charge in [-0.3, -0.25) is 4.79 Å². The summed E-state index contributed by atoms with van der Waals surface area (Å²) in [7, 11) is 1.64. The van der Waals surface area contributed by atoms with E-state index in [-0.39, 0.29) is 5.66 Å². The molecule has 0 radical (unpaired) electrons. The van der Waals surface area contributed by atoms with Crippen LogP contribution >= 0.6 is 6.04 Å². The number of aliphatic hydroxyl groups excluding tert-OH is 1. The Bertz CT molecular complexity index is 693. The fourth-order valence-corrected chi connectivity index (χ4v) is 9.24. The molecular weight excluding hydrogens is 339 g/mol. The number of aliphatic hydroxyl groups is 1. The molecule has 2 unspecified atom stereocenters. The van der Waals surface area contributed by atoms with Gasteiger partial charge in [0.15, 0.2) is 0 Å². The van der Waals surface area contributed by atoms with Gasteiger partial charge in [-0.15, -0.1) is 0 Å². The van der Waals surface area contributed by atoms with E-state index in [1.165, 1.54) is 0 Å². The van der Waals surface area contributed by atoms with E-state index < -0.39 is 6.04 Å². The van der Waals surface area contributed by atoms with Crippen LogP contribution in [0.5, 0.6) is 5.75 Å². The average Bonchev–Trinajstić information content (AvgIpc) is 2.62. The van der Waals surface area contributed by atoms with Gasteiger partial charge in [-0.1, -0.05) is 18.2 Å². The molecule has 0 bridgehead atoms. The number of allylic oxidation sites excluding steroid dienone is 2. The van der Waals surface area contributed by atoms with E-state index in [1.54, 1.807) is 7.11 Å². The summed E-state index contributed by atoms with van der Waals surface area (Å²) in [6, 6.07) is 5.55. The molecule has 3 rings (SSSR count). The van der Waals surface area contributed by atoms with Crippen LogP contribution in [0.3, 0.4) is 0 Å². The maximum absolute atomic E-state index is 12.7. The second-order valence-electron chi connectivity index (χ2n) is 6.68. The van der Waals surface area contributed by atoms with Crippen molar-refractivity contribution in [2.24, 2.45) is 0 Å². The minimum Gasteiger partial charge on any atom is -0.512 e. The predicted molar refractivity (Wildman–Crippen MR) is 102 cm³/mol. The Hall–Kier alpha value is -1.12. The van der Waals surface area contributed by atoms with Crippen molar-refractivity contribution >= 4 is 28.9 Å². The maximum Gasteiger partial charge on any atom is 0.141 e. The molecule has 2 aliphatic rings. The smallest absolute Gasteiger partial charge is 0.141 e. The first-order valence-corrected chi connectivity index (χ1v) is 11.6. The molecule has 3 nitrogen and oxygen atoms in total. The summed E-state index contributed by atoms with van der Waals surface area (Å²) >= 11 is 6.27. The lowest BCUT2D eigenvalue weighted by Crippen LogP contribution is -2.30. The van der Waals surface area contributed by atoms with Crippen LogP contribution in [0.15, 0.2) is 35.3 Å². The predicted octanol–water partition coefficient (Wildman–Crippen LogP) is 4.66. The van der Waals surface area contributed by atoms with Crippen molar-refractivity contribution in [2.75, 3.05) is 7.11 Å². The van der Waals surface area contributed by atoms with E-state index in [4.69, 9.17) is 16.5 Å². The van der Waals surface area contributed by atoms with Gasteiger partial charge in [0.2, 0.25) is 0 Å². The highest BCUT2D eigenvalue weighted by atomic mass is 32.4. The molecule has 1 aromatic rings. The largest absolute Gasteiger partial charge is 0.512 e. The van der Waals surface area contributed by atoms with Crippen LogP contribution in [0.2, 0.25) is 0 Å². The average molecular weight is 364 g/mol. The van der Waals surface area contributed by atoms with E-state index in [9.17, 15) is 9.90 Å². The zero-order valence-corrected chi connectivity index (χ0v) is 15.9. The van der Waals surface area contributed by atoms with Crippen molar-refractivity contribution in [1.82, 2.24) is 0 Å². The zero-order valence-electron chi connectivity index (χ0n) is 14.2. The molecule has 2 aliphatic carbocycles. The molecule has 24 heavy (non-hydrogen) atoms. The number of carbonyl (C=O) groups is 1. The number of rotatable bonds is 4. The summed E-state index contributed by atoms with van der Waals surface area (Å²) in [5.41, 5.74) is -0.107. The highest BCUT2D eigenvalue weighted by Gasteiger charge is 2.41.